The van der Waals surface area contributed by atoms with Crippen LogP contribution in [0.15, 0.2) is 12.7 Å². The fraction of sp³-hybridized carbons (Fsp3) is 0.667. The van der Waals surface area contributed by atoms with Gasteiger partial charge in [0.1, 0.15) is 30.3 Å². The van der Waals surface area contributed by atoms with Crippen LogP contribution in [-0.4, -0.2) is 68.2 Å². The van der Waals surface area contributed by atoms with Gasteiger partial charge in [-0.25, -0.2) is 25.1 Å². The van der Waals surface area contributed by atoms with Crippen molar-refractivity contribution in [1.29, 1.82) is 0 Å². The first-order chi connectivity index (χ1) is 16.3. The van der Waals surface area contributed by atoms with Crippen LogP contribution in [0.4, 0.5) is 5.82 Å². The van der Waals surface area contributed by atoms with Gasteiger partial charge in [-0.3, -0.25) is 14.2 Å². The predicted molar refractivity (Wildman–Crippen MR) is 130 cm³/mol. The van der Waals surface area contributed by atoms with Crippen molar-refractivity contribution in [1.82, 2.24) is 29.7 Å². The molecule has 0 saturated carbocycles. The van der Waals surface area contributed by atoms with Crippen LogP contribution in [0.5, 0.6) is 0 Å². The standard InChI is InChI=1S/C21H36N7O6P/c1-12(2)33-20(29)15(6)26-35(31,27-16(7)21(30)34-13(3)4)11-32-14(5)8-28-10-25-17-18(22)23-9-24-19(17)28/h9-10,12-16H,8,11H2,1-7H3,(H2,22,23,24)(H2,26,27,31)/t14-,15+,16+/m1/s1. The first-order valence-electron chi connectivity index (χ1n) is 11.4. The Bertz CT molecular complexity index is 1030. The zero-order chi connectivity index (χ0) is 26.3. The van der Waals surface area contributed by atoms with Crippen LogP contribution in [0.2, 0.25) is 0 Å². The minimum Gasteiger partial charge on any atom is -0.462 e. The molecule has 0 fully saturated rings. The highest BCUT2D eigenvalue weighted by molar-refractivity contribution is 7.59. The third-order valence-corrected chi connectivity index (χ3v) is 6.76. The highest BCUT2D eigenvalue weighted by atomic mass is 31.2. The van der Waals surface area contributed by atoms with Crippen LogP contribution >= 0.6 is 7.44 Å². The lowest BCUT2D eigenvalue weighted by Gasteiger charge is -2.28. The van der Waals surface area contributed by atoms with E-state index in [1.165, 1.54) is 20.2 Å². The molecule has 2 aromatic rings. The Morgan fingerprint density at radius 2 is 1.51 bits per heavy atom. The molecule has 2 heterocycles. The Hall–Kier alpha value is -2.60. The number of carbonyl (C=O) groups is 2. The Morgan fingerprint density at radius 3 is 2.03 bits per heavy atom. The normalized spacial score (nSPS) is 14.8. The SMILES string of the molecule is CC(C)OC(=O)[C@H](C)NP(=O)(CO[C@H](C)Cn1cnc2c(N)ncnc21)N[C@@H](C)C(=O)OC(C)C. The molecular formula is C21H36N7O6P. The summed E-state index contributed by atoms with van der Waals surface area (Å²) in [6.45, 7) is 12.1. The summed E-state index contributed by atoms with van der Waals surface area (Å²) in [5.41, 5.74) is 6.85. The number of hydrogen-bond donors (Lipinski definition) is 3. The van der Waals surface area contributed by atoms with Crippen LogP contribution in [0.25, 0.3) is 11.2 Å². The number of nitrogen functional groups attached to an aromatic ring is 1. The predicted octanol–water partition coefficient (Wildman–Crippen LogP) is 1.82. The molecule has 0 amide bonds. The number of anilines is 1. The van der Waals surface area contributed by atoms with Gasteiger partial charge in [-0.1, -0.05) is 0 Å². The third-order valence-electron chi connectivity index (χ3n) is 4.64. The lowest BCUT2D eigenvalue weighted by Crippen LogP contribution is -2.43. The summed E-state index contributed by atoms with van der Waals surface area (Å²) in [5.74, 6) is -0.881. The van der Waals surface area contributed by atoms with Crippen molar-refractivity contribution >= 4 is 36.4 Å². The molecule has 3 atom stereocenters. The van der Waals surface area contributed by atoms with Gasteiger partial charge in [0.15, 0.2) is 11.5 Å². The fourth-order valence-corrected chi connectivity index (χ4v) is 5.26. The molecule has 0 bridgehead atoms. The summed E-state index contributed by atoms with van der Waals surface area (Å²) in [4.78, 5) is 36.9. The van der Waals surface area contributed by atoms with Gasteiger partial charge in [0.05, 0.1) is 31.2 Å². The van der Waals surface area contributed by atoms with Gasteiger partial charge >= 0.3 is 11.9 Å². The number of ether oxygens (including phenoxy) is 3. The number of nitrogens with two attached hydrogens (primary N) is 1. The maximum atomic E-state index is 13.8. The number of imidazole rings is 1. The zero-order valence-electron chi connectivity index (χ0n) is 21.2. The van der Waals surface area contributed by atoms with E-state index >= 15 is 0 Å². The third kappa shape index (κ3) is 8.53. The number of nitrogens with one attached hydrogen (secondary N) is 2. The van der Waals surface area contributed by atoms with Gasteiger partial charge in [-0.05, 0) is 48.5 Å². The summed E-state index contributed by atoms with van der Waals surface area (Å²) in [6, 6.07) is -1.83. The molecule has 196 valence electrons. The van der Waals surface area contributed by atoms with Crippen molar-refractivity contribution in [2.45, 2.75) is 85.4 Å². The smallest absolute Gasteiger partial charge is 0.323 e. The second-order valence-corrected chi connectivity index (χ2v) is 11.1. The average Bonchev–Trinajstić information content (AvgIpc) is 3.15. The minimum absolute atomic E-state index is 0.268. The first kappa shape index (κ1) is 28.6. The van der Waals surface area contributed by atoms with Gasteiger partial charge < -0.3 is 24.5 Å². The number of carbonyl (C=O) groups excluding carboxylic acids is 2. The average molecular weight is 514 g/mol. The highest BCUT2D eigenvalue weighted by Gasteiger charge is 2.33. The molecule has 13 nitrogen and oxygen atoms in total. The molecule has 0 unspecified atom stereocenters. The van der Waals surface area contributed by atoms with Crippen LogP contribution in [0.3, 0.4) is 0 Å². The van der Waals surface area contributed by atoms with E-state index in [4.69, 9.17) is 19.9 Å². The summed E-state index contributed by atoms with van der Waals surface area (Å²) in [5, 5.41) is 5.54. The topological polar surface area (TPSA) is 173 Å². The summed E-state index contributed by atoms with van der Waals surface area (Å²) >= 11 is 0. The van der Waals surface area contributed by atoms with E-state index in [9.17, 15) is 14.2 Å². The summed E-state index contributed by atoms with van der Waals surface area (Å²) in [6.07, 6.45) is 1.50. The molecule has 0 aliphatic rings. The molecular weight excluding hydrogens is 477 g/mol. The Labute approximate surface area is 205 Å². The monoisotopic (exact) mass is 513 g/mol. The molecule has 2 aromatic heterocycles. The van der Waals surface area contributed by atoms with Gasteiger partial charge in [-0.2, -0.15) is 0 Å². The molecule has 2 rings (SSSR count). The maximum Gasteiger partial charge on any atom is 0.323 e. The highest BCUT2D eigenvalue weighted by Crippen LogP contribution is 2.38. The van der Waals surface area contributed by atoms with Gasteiger partial charge in [0.2, 0.25) is 7.44 Å². The van der Waals surface area contributed by atoms with Crippen LogP contribution in [-0.2, 0) is 34.9 Å². The number of nitrogens with zero attached hydrogens (tertiary/aromatic N) is 4. The Morgan fingerprint density at radius 1 is 0.971 bits per heavy atom. The van der Waals surface area contributed by atoms with E-state index < -0.39 is 37.6 Å². The van der Waals surface area contributed by atoms with Crippen molar-refractivity contribution in [2.24, 2.45) is 0 Å². The fourth-order valence-electron chi connectivity index (χ4n) is 3.11. The Balaban J connectivity index is 2.12. The number of fused-ring (bicyclic) bond motifs is 1. The molecule has 0 spiro atoms. The molecule has 4 N–H and O–H groups in total. The number of aromatic nitrogens is 4. The van der Waals surface area contributed by atoms with Crippen molar-refractivity contribution in [3.8, 4) is 0 Å². The van der Waals surface area contributed by atoms with Crippen molar-refractivity contribution in [3.05, 3.63) is 12.7 Å². The first-order valence-corrected chi connectivity index (χ1v) is 13.3. The second-order valence-electron chi connectivity index (χ2n) is 8.85. The lowest BCUT2D eigenvalue weighted by atomic mass is 10.4. The van der Waals surface area contributed by atoms with Gasteiger partial charge in [0, 0.05) is 0 Å². The molecule has 35 heavy (non-hydrogen) atoms. The van der Waals surface area contributed by atoms with Crippen LogP contribution in [0.1, 0.15) is 48.5 Å². The van der Waals surface area contributed by atoms with E-state index in [0.717, 1.165) is 0 Å². The van der Waals surface area contributed by atoms with Crippen LogP contribution in [0, 0.1) is 0 Å². The molecule has 0 aliphatic carbocycles. The molecule has 0 saturated heterocycles. The van der Waals surface area contributed by atoms with E-state index in [1.807, 2.05) is 0 Å². The molecule has 0 aliphatic heterocycles. The summed E-state index contributed by atoms with van der Waals surface area (Å²) in [7, 11) is -3.62. The molecule has 0 aromatic carbocycles. The van der Waals surface area contributed by atoms with Crippen LogP contribution < -0.4 is 15.9 Å². The van der Waals surface area contributed by atoms with Gasteiger partial charge in [0.25, 0.3) is 0 Å². The quantitative estimate of drug-likeness (QED) is 0.262. The Kier molecular flexibility index (Phi) is 10.1. The molecule has 14 heteroatoms. The van der Waals surface area contributed by atoms with Crippen molar-refractivity contribution in [3.63, 3.8) is 0 Å². The van der Waals surface area contributed by atoms with E-state index in [0.29, 0.717) is 17.7 Å². The van der Waals surface area contributed by atoms with Crippen molar-refractivity contribution < 1.29 is 28.4 Å². The second kappa shape index (κ2) is 12.4. The number of esters is 2. The van der Waals surface area contributed by atoms with E-state index in [1.54, 1.807) is 45.5 Å². The number of hydrogen-bond acceptors (Lipinski definition) is 10. The largest absolute Gasteiger partial charge is 0.462 e. The van der Waals surface area contributed by atoms with E-state index in [-0.39, 0.29) is 24.4 Å². The minimum atomic E-state index is -3.62. The van der Waals surface area contributed by atoms with Gasteiger partial charge in [-0.15, -0.1) is 0 Å². The maximum absolute atomic E-state index is 13.8. The van der Waals surface area contributed by atoms with E-state index in [2.05, 4.69) is 25.1 Å². The number of rotatable bonds is 13. The van der Waals surface area contributed by atoms with Crippen molar-refractivity contribution in [2.75, 3.05) is 12.1 Å². The summed E-state index contributed by atoms with van der Waals surface area (Å²) < 4.78 is 31.8. The lowest BCUT2D eigenvalue weighted by molar-refractivity contribution is -0.149. The molecule has 0 radical (unpaired) electrons. The zero-order valence-corrected chi connectivity index (χ0v) is 22.1.